The number of nitrogens with zero attached hydrogens (tertiary/aromatic N) is 1. The number of aliphatic imine (C=N–C) groups is 1. The van der Waals surface area contributed by atoms with Gasteiger partial charge in [-0.05, 0) is 0 Å². The Balaban J connectivity index is 0. The molecular weight excluding hydrogens is 230 g/mol. The molecule has 0 radical (unpaired) electrons. The van der Waals surface area contributed by atoms with Crippen molar-refractivity contribution in [2.45, 2.75) is 0 Å². The highest BCUT2D eigenvalue weighted by Crippen LogP contribution is 1.95. The predicted molar refractivity (Wildman–Crippen MR) is 55.4 cm³/mol. The second kappa shape index (κ2) is 7.67. The Bertz CT molecular complexity index is 143. The molecule has 0 unspecified atom stereocenters. The summed E-state index contributed by atoms with van der Waals surface area (Å²) < 4.78 is 0. The smallest absolute Gasteiger partial charge is 0.185 e. The Labute approximate surface area is 80.1 Å². The van der Waals surface area contributed by atoms with Crippen LogP contribution >= 0.6 is 28.7 Å². The summed E-state index contributed by atoms with van der Waals surface area (Å²) in [6.45, 7) is 0.507. The minimum atomic E-state index is 0. The quantitative estimate of drug-likeness (QED) is 0.302. The van der Waals surface area contributed by atoms with Gasteiger partial charge in [-0.2, -0.15) is 0 Å². The fraction of sp³-hybridized carbons (Fsp3) is 0.500. The van der Waals surface area contributed by atoms with Crippen LogP contribution in [0.15, 0.2) is 4.99 Å². The molecule has 0 saturated carbocycles. The molecule has 0 atom stereocenters. The van der Waals surface area contributed by atoms with Crippen molar-refractivity contribution in [3.8, 4) is 0 Å². The van der Waals surface area contributed by atoms with E-state index in [-0.39, 0.29) is 28.1 Å². The maximum absolute atomic E-state index is 6.81. The first-order valence-corrected chi connectivity index (χ1v) is 3.63. The summed E-state index contributed by atoms with van der Waals surface area (Å²) >= 11 is 1.22. The lowest BCUT2D eigenvalue weighted by atomic mass is 10.8. The lowest BCUT2D eigenvalue weighted by molar-refractivity contribution is 1.13. The zero-order valence-electron chi connectivity index (χ0n) is 5.91. The van der Waals surface area contributed by atoms with Crippen molar-refractivity contribution in [2.24, 2.45) is 22.2 Å². The summed E-state index contributed by atoms with van der Waals surface area (Å²) in [5.41, 5.74) is 15.1. The molecule has 0 aromatic heterocycles. The summed E-state index contributed by atoms with van der Waals surface area (Å²) in [7, 11) is 0. The van der Waals surface area contributed by atoms with Gasteiger partial charge in [-0.3, -0.25) is 10.4 Å². The number of hydrogen-bond acceptors (Lipinski definition) is 3. The maximum Gasteiger partial charge on any atom is 0.185 e. The van der Waals surface area contributed by atoms with E-state index in [1.807, 2.05) is 0 Å². The average Bonchev–Trinajstić information content (AvgIpc) is 1.79. The number of nitrogens with one attached hydrogen (secondary N) is 1. The summed E-state index contributed by atoms with van der Waals surface area (Å²) in [5.74, 6) is 0.719. The van der Waals surface area contributed by atoms with Crippen LogP contribution in [-0.4, -0.2) is 23.4 Å². The van der Waals surface area contributed by atoms with E-state index in [0.717, 1.165) is 0 Å². The van der Waals surface area contributed by atoms with E-state index in [1.54, 1.807) is 0 Å². The predicted octanol–water partition coefficient (Wildman–Crippen LogP) is -0.536. The van der Waals surface area contributed by atoms with E-state index >= 15 is 0 Å². The number of hydrogen-bond donors (Lipinski definition) is 4. The third-order valence-electron chi connectivity index (χ3n) is 0.643. The van der Waals surface area contributed by atoms with Crippen molar-refractivity contribution in [2.75, 3.05) is 12.3 Å². The van der Waals surface area contributed by atoms with E-state index < -0.39 is 0 Å². The molecule has 11 heavy (non-hydrogen) atoms. The fourth-order valence-electron chi connectivity index (χ4n) is 0.330. The molecule has 0 bridgehead atoms. The molecule has 0 aliphatic heterocycles. The molecule has 5 nitrogen and oxygen atoms in total. The lowest BCUT2D eigenvalue weighted by Gasteiger charge is -1.94. The minimum absolute atomic E-state index is 0. The summed E-state index contributed by atoms with van der Waals surface area (Å²) in [5, 5.41) is 6.90. The van der Waals surface area contributed by atoms with E-state index in [4.69, 9.17) is 22.6 Å². The highest BCUT2D eigenvalue weighted by atomic mass is 79.9. The van der Waals surface area contributed by atoms with Gasteiger partial charge in [0.05, 0.1) is 6.54 Å². The lowest BCUT2D eigenvalue weighted by Crippen LogP contribution is -2.23. The molecule has 0 fully saturated rings. The molecule has 7 heteroatoms. The van der Waals surface area contributed by atoms with Gasteiger partial charge in [-0.25, -0.2) is 0 Å². The van der Waals surface area contributed by atoms with Gasteiger partial charge < -0.3 is 17.2 Å². The number of nitrogens with two attached hydrogens (primary N) is 3. The van der Waals surface area contributed by atoms with Gasteiger partial charge in [0.2, 0.25) is 0 Å². The van der Waals surface area contributed by atoms with Gasteiger partial charge in [0, 0.05) is 5.75 Å². The van der Waals surface area contributed by atoms with Gasteiger partial charge in [0.15, 0.2) is 11.1 Å². The van der Waals surface area contributed by atoms with Crippen molar-refractivity contribution in [3.63, 3.8) is 0 Å². The van der Waals surface area contributed by atoms with Crippen LogP contribution in [0.1, 0.15) is 0 Å². The van der Waals surface area contributed by atoms with Crippen LogP contribution in [0.4, 0.5) is 0 Å². The fourth-order valence-corrected chi connectivity index (χ4v) is 0.733. The van der Waals surface area contributed by atoms with Gasteiger partial charge in [0.1, 0.15) is 0 Å². The zero-order valence-corrected chi connectivity index (χ0v) is 8.44. The standard InChI is InChI=1S/C4H11N5S.BrH/c5-3(6)9-1-2-10-4(7)8;/h1-2H2,(H3,7,8)(H4,5,6,9);1H. The van der Waals surface area contributed by atoms with Gasteiger partial charge in [-0.15, -0.1) is 17.0 Å². The molecule has 0 spiro atoms. The van der Waals surface area contributed by atoms with Crippen molar-refractivity contribution in [1.82, 2.24) is 0 Å². The van der Waals surface area contributed by atoms with Crippen molar-refractivity contribution >= 4 is 39.9 Å². The Morgan fingerprint density at radius 3 is 2.27 bits per heavy atom. The van der Waals surface area contributed by atoms with Crippen LogP contribution < -0.4 is 17.2 Å². The Morgan fingerprint density at radius 2 is 1.91 bits per heavy atom. The molecule has 0 amide bonds. The summed E-state index contributed by atoms with van der Waals surface area (Å²) in [4.78, 5) is 3.70. The first-order chi connectivity index (χ1) is 4.63. The molecule has 0 heterocycles. The number of guanidine groups is 1. The minimum Gasteiger partial charge on any atom is -0.379 e. The highest BCUT2D eigenvalue weighted by Gasteiger charge is 1.88. The molecule has 66 valence electrons. The molecule has 0 aliphatic rings. The first kappa shape index (κ1) is 13.2. The first-order valence-electron chi connectivity index (χ1n) is 2.65. The second-order valence-corrected chi connectivity index (χ2v) is 2.66. The molecule has 0 aromatic carbocycles. The maximum atomic E-state index is 6.81. The van der Waals surface area contributed by atoms with Crippen LogP contribution in [0.5, 0.6) is 0 Å². The van der Waals surface area contributed by atoms with E-state index in [2.05, 4.69) is 4.99 Å². The Kier molecular flexibility index (Phi) is 9.20. The monoisotopic (exact) mass is 241 g/mol. The summed E-state index contributed by atoms with van der Waals surface area (Å²) in [6.07, 6.45) is 0. The van der Waals surface area contributed by atoms with Gasteiger partial charge in [0.25, 0.3) is 0 Å². The van der Waals surface area contributed by atoms with Crippen LogP contribution in [0.3, 0.4) is 0 Å². The van der Waals surface area contributed by atoms with Crippen LogP contribution in [0, 0.1) is 5.41 Å². The van der Waals surface area contributed by atoms with Crippen LogP contribution in [-0.2, 0) is 0 Å². The van der Waals surface area contributed by atoms with Crippen LogP contribution in [0.25, 0.3) is 0 Å². The second-order valence-electron chi connectivity index (χ2n) is 1.52. The molecule has 7 N–H and O–H groups in total. The SMILES string of the molecule is Br.N=C(N)SCCN=C(N)N. The third-order valence-corrected chi connectivity index (χ3v) is 1.34. The Morgan fingerprint density at radius 1 is 1.36 bits per heavy atom. The van der Waals surface area contributed by atoms with E-state index in [0.29, 0.717) is 12.3 Å². The largest absolute Gasteiger partial charge is 0.379 e. The molecule has 0 rings (SSSR count). The number of halogens is 1. The van der Waals surface area contributed by atoms with Gasteiger partial charge >= 0.3 is 0 Å². The average molecular weight is 242 g/mol. The van der Waals surface area contributed by atoms with Crippen LogP contribution in [0.2, 0.25) is 0 Å². The number of amidine groups is 1. The summed E-state index contributed by atoms with van der Waals surface area (Å²) in [6, 6.07) is 0. The normalized spacial score (nSPS) is 8.00. The molecule has 0 saturated heterocycles. The van der Waals surface area contributed by atoms with Crippen molar-refractivity contribution < 1.29 is 0 Å². The molecule has 0 aliphatic carbocycles. The third kappa shape index (κ3) is 12.7. The number of rotatable bonds is 3. The molecule has 0 aromatic rings. The van der Waals surface area contributed by atoms with Crippen molar-refractivity contribution in [1.29, 1.82) is 5.41 Å². The zero-order chi connectivity index (χ0) is 7.98. The van der Waals surface area contributed by atoms with E-state index in [1.165, 1.54) is 11.8 Å². The van der Waals surface area contributed by atoms with E-state index in [9.17, 15) is 0 Å². The topological polar surface area (TPSA) is 114 Å². The Hall–Kier alpha value is -0.430. The van der Waals surface area contributed by atoms with Gasteiger partial charge in [-0.1, -0.05) is 11.8 Å². The van der Waals surface area contributed by atoms with Crippen molar-refractivity contribution in [3.05, 3.63) is 0 Å². The molecular formula is C4H12BrN5S. The highest BCUT2D eigenvalue weighted by molar-refractivity contribution is 8.93. The number of thioether (sulfide) groups is 1.